The van der Waals surface area contributed by atoms with Crippen molar-refractivity contribution < 1.29 is 22.9 Å². The van der Waals surface area contributed by atoms with E-state index in [1.54, 1.807) is 17.5 Å². The highest BCUT2D eigenvalue weighted by molar-refractivity contribution is 7.88. The molecular weight excluding hydrogens is 335 g/mol. The fraction of sp³-hybridized carbons (Fsp3) is 0.375. The van der Waals surface area contributed by atoms with Gasteiger partial charge in [0.1, 0.15) is 11.9 Å². The number of ether oxygens (including phenoxy) is 1. The zero-order valence-electron chi connectivity index (χ0n) is 13.1. The number of amides is 2. The van der Waals surface area contributed by atoms with E-state index in [2.05, 4.69) is 5.32 Å². The summed E-state index contributed by atoms with van der Waals surface area (Å²) in [7, 11) is -1.03. The Hall–Kier alpha value is -2.22. The quantitative estimate of drug-likeness (QED) is 0.896. The molecule has 1 N–H and O–H groups in total. The number of hydrogen-bond donors (Lipinski definition) is 1. The van der Waals surface area contributed by atoms with Crippen LogP contribution >= 0.6 is 0 Å². The fourth-order valence-corrected chi connectivity index (χ4v) is 3.81. The monoisotopic (exact) mass is 352 g/mol. The third-order valence-corrected chi connectivity index (χ3v) is 5.06. The second kappa shape index (κ2) is 6.72. The zero-order valence-corrected chi connectivity index (χ0v) is 13.9. The minimum absolute atomic E-state index is 0.206. The molecule has 24 heavy (non-hydrogen) atoms. The summed E-state index contributed by atoms with van der Waals surface area (Å²) < 4.78 is 31.0. The highest BCUT2D eigenvalue weighted by Crippen LogP contribution is 2.30. The van der Waals surface area contributed by atoms with Crippen LogP contribution in [0.15, 0.2) is 23.6 Å². The van der Waals surface area contributed by atoms with Gasteiger partial charge in [-0.2, -0.15) is 0 Å². The molecule has 0 bridgehead atoms. The van der Waals surface area contributed by atoms with Crippen molar-refractivity contribution in [2.45, 2.75) is 19.4 Å². The highest BCUT2D eigenvalue weighted by Gasteiger charge is 2.32. The van der Waals surface area contributed by atoms with Gasteiger partial charge >= 0.3 is 6.09 Å². The summed E-state index contributed by atoms with van der Waals surface area (Å²) in [6.45, 7) is 1.84. The Labute approximate surface area is 141 Å². The molecule has 1 saturated heterocycles. The van der Waals surface area contributed by atoms with Crippen LogP contribution in [0.4, 0.5) is 14.9 Å². The van der Waals surface area contributed by atoms with Crippen molar-refractivity contribution >= 4 is 34.1 Å². The Bertz CT molecular complexity index is 750. The molecule has 2 atom stereocenters. The van der Waals surface area contributed by atoms with Crippen LogP contribution in [0.25, 0.3) is 5.57 Å². The molecule has 1 aromatic carbocycles. The van der Waals surface area contributed by atoms with Gasteiger partial charge in [0.15, 0.2) is 0 Å². The minimum Gasteiger partial charge on any atom is -0.442 e. The number of cyclic esters (lactones) is 1. The maximum absolute atomic E-state index is 14.4. The van der Waals surface area contributed by atoms with Gasteiger partial charge in [-0.3, -0.25) is 13.9 Å². The number of hydrogen-bond acceptors (Lipinski definition) is 4. The van der Waals surface area contributed by atoms with E-state index in [9.17, 15) is 18.2 Å². The van der Waals surface area contributed by atoms with E-state index >= 15 is 0 Å². The van der Waals surface area contributed by atoms with E-state index < -0.39 is 28.8 Å². The smallest absolute Gasteiger partial charge is 0.414 e. The molecule has 2 amide bonds. The van der Waals surface area contributed by atoms with Crippen LogP contribution in [-0.2, 0) is 20.3 Å². The Balaban J connectivity index is 1.74. The fourth-order valence-electron chi connectivity index (χ4n) is 2.71. The lowest BCUT2D eigenvalue weighted by Crippen LogP contribution is -2.33. The molecule has 128 valence electrons. The van der Waals surface area contributed by atoms with Crippen molar-refractivity contribution in [3.8, 4) is 0 Å². The summed E-state index contributed by atoms with van der Waals surface area (Å²) in [4.78, 5) is 24.2. The molecule has 8 heteroatoms. The second-order valence-electron chi connectivity index (χ2n) is 5.70. The molecule has 2 heterocycles. The van der Waals surface area contributed by atoms with Crippen LogP contribution in [0, 0.1) is 5.82 Å². The third-order valence-electron chi connectivity index (χ3n) is 3.91. The summed E-state index contributed by atoms with van der Waals surface area (Å²) in [6.07, 6.45) is -0.462. The summed E-state index contributed by atoms with van der Waals surface area (Å²) in [5, 5.41) is 4.16. The number of benzene rings is 1. The molecule has 0 spiro atoms. The van der Waals surface area contributed by atoms with Crippen LogP contribution in [0.1, 0.15) is 18.9 Å². The first-order chi connectivity index (χ1) is 11.4. The van der Waals surface area contributed by atoms with E-state index in [1.807, 2.05) is 0 Å². The summed E-state index contributed by atoms with van der Waals surface area (Å²) >= 11 is 0. The number of rotatable bonds is 4. The molecule has 1 fully saturated rings. The third kappa shape index (κ3) is 3.48. The molecule has 2 aliphatic heterocycles. The first kappa shape index (κ1) is 16.6. The van der Waals surface area contributed by atoms with Crippen LogP contribution < -0.4 is 10.2 Å². The van der Waals surface area contributed by atoms with Gasteiger partial charge in [0.2, 0.25) is 5.91 Å². The van der Waals surface area contributed by atoms with E-state index in [1.165, 1.54) is 17.9 Å². The predicted octanol–water partition coefficient (Wildman–Crippen LogP) is 1.78. The number of nitrogens with zero attached hydrogens (tertiary/aromatic N) is 1. The first-order valence-corrected chi connectivity index (χ1v) is 8.92. The normalized spacial score (nSPS) is 23.2. The van der Waals surface area contributed by atoms with Gasteiger partial charge in [-0.05, 0) is 30.2 Å². The summed E-state index contributed by atoms with van der Waals surface area (Å²) in [5.74, 6) is -0.155. The van der Waals surface area contributed by atoms with Gasteiger partial charge in [-0.15, -0.1) is 0 Å². The Kier molecular flexibility index (Phi) is 4.66. The Morgan fingerprint density at radius 2 is 2.29 bits per heavy atom. The van der Waals surface area contributed by atoms with Gasteiger partial charge in [-0.1, -0.05) is 0 Å². The van der Waals surface area contributed by atoms with Crippen LogP contribution in [0.3, 0.4) is 0 Å². The standard InChI is InChI=1S/C16H17FN2O4S/c1-10(20)18-7-13-8-19(16(21)23-13)12-2-3-14(15(17)6-12)11-4-5-24(22)9-11/h2-3,6,9,13H,4-5,7-8H2,1H3,(H,18,20)/t13-,24?/m0/s1. The van der Waals surface area contributed by atoms with Gasteiger partial charge in [0.05, 0.1) is 18.8 Å². The van der Waals surface area contributed by atoms with Crippen LogP contribution in [0.5, 0.6) is 0 Å². The predicted molar refractivity (Wildman–Crippen MR) is 88.3 cm³/mol. The van der Waals surface area contributed by atoms with Gasteiger partial charge < -0.3 is 10.1 Å². The van der Waals surface area contributed by atoms with E-state index in [4.69, 9.17) is 4.74 Å². The second-order valence-corrected chi connectivity index (χ2v) is 7.10. The molecule has 0 saturated carbocycles. The van der Waals surface area contributed by atoms with Crippen molar-refractivity contribution in [1.82, 2.24) is 5.32 Å². The SMILES string of the molecule is CC(=O)NC[C@H]1CN(c2ccc(C3=CS(=O)CC3)c(F)c2)C(=O)O1. The molecule has 0 radical (unpaired) electrons. The van der Waals surface area contributed by atoms with Crippen molar-refractivity contribution in [2.24, 2.45) is 0 Å². The Morgan fingerprint density at radius 3 is 2.92 bits per heavy atom. The first-order valence-electron chi connectivity index (χ1n) is 7.54. The molecule has 2 aliphatic rings. The van der Waals surface area contributed by atoms with Crippen LogP contribution in [-0.4, -0.2) is 41.2 Å². The maximum Gasteiger partial charge on any atom is 0.414 e. The average Bonchev–Trinajstić information content (AvgIpc) is 3.11. The molecular formula is C16H17FN2O4S. The van der Waals surface area contributed by atoms with Crippen molar-refractivity contribution in [1.29, 1.82) is 0 Å². The Morgan fingerprint density at radius 1 is 1.50 bits per heavy atom. The van der Waals surface area contributed by atoms with Crippen molar-refractivity contribution in [2.75, 3.05) is 23.7 Å². The van der Waals surface area contributed by atoms with E-state index in [0.717, 1.165) is 5.57 Å². The molecule has 1 unspecified atom stereocenters. The molecule has 1 aromatic rings. The lowest BCUT2D eigenvalue weighted by molar-refractivity contribution is -0.119. The number of nitrogens with one attached hydrogen (secondary N) is 1. The summed E-state index contributed by atoms with van der Waals surface area (Å²) in [5.41, 5.74) is 1.53. The van der Waals surface area contributed by atoms with Crippen molar-refractivity contribution in [3.05, 3.63) is 35.0 Å². The minimum atomic E-state index is -1.03. The lowest BCUT2D eigenvalue weighted by atomic mass is 10.0. The van der Waals surface area contributed by atoms with Crippen molar-refractivity contribution in [3.63, 3.8) is 0 Å². The highest BCUT2D eigenvalue weighted by atomic mass is 32.2. The molecule has 0 aromatic heterocycles. The average molecular weight is 352 g/mol. The molecule has 0 aliphatic carbocycles. The van der Waals surface area contributed by atoms with Crippen LogP contribution in [0.2, 0.25) is 0 Å². The molecule has 6 nitrogen and oxygen atoms in total. The maximum atomic E-state index is 14.4. The van der Waals surface area contributed by atoms with Gasteiger partial charge in [0.25, 0.3) is 0 Å². The zero-order chi connectivity index (χ0) is 17.3. The van der Waals surface area contributed by atoms with Gasteiger partial charge in [-0.25, -0.2) is 9.18 Å². The van der Waals surface area contributed by atoms with Gasteiger partial charge in [0, 0.05) is 34.4 Å². The number of halogens is 1. The number of carbonyl (C=O) groups excluding carboxylic acids is 2. The number of carbonyl (C=O) groups is 2. The van der Waals surface area contributed by atoms with E-state index in [0.29, 0.717) is 23.4 Å². The topological polar surface area (TPSA) is 75.7 Å². The lowest BCUT2D eigenvalue weighted by Gasteiger charge is -2.14. The number of anilines is 1. The van der Waals surface area contributed by atoms with E-state index in [-0.39, 0.29) is 19.0 Å². The largest absolute Gasteiger partial charge is 0.442 e. The summed E-state index contributed by atoms with van der Waals surface area (Å²) in [6, 6.07) is 4.51. The molecule has 3 rings (SSSR count). The number of allylic oxidation sites excluding steroid dienone is 1.